The average Bonchev–Trinajstić information content (AvgIpc) is 2.92. The van der Waals surface area contributed by atoms with E-state index in [1.54, 1.807) is 0 Å². The lowest BCUT2D eigenvalue weighted by Crippen LogP contribution is -2.24. The minimum absolute atomic E-state index is 0.362. The highest BCUT2D eigenvalue weighted by Crippen LogP contribution is 2.33. The maximum absolute atomic E-state index is 6.06. The SMILES string of the molecule is CCNC(CC1CCSCC1)c1cc2ccccc2o1. The molecule has 0 saturated carbocycles. The van der Waals surface area contributed by atoms with Gasteiger partial charge >= 0.3 is 0 Å². The molecule has 2 nitrogen and oxygen atoms in total. The highest BCUT2D eigenvalue weighted by atomic mass is 32.2. The standard InChI is InChI=1S/C17H23NOS/c1-2-18-15(11-13-7-9-20-10-8-13)17-12-14-5-3-4-6-16(14)19-17/h3-6,12-13,15,18H,2,7-11H2,1H3. The molecule has 1 saturated heterocycles. The van der Waals surface area contributed by atoms with Crippen molar-refractivity contribution in [1.29, 1.82) is 0 Å². The van der Waals surface area contributed by atoms with Crippen LogP contribution in [-0.4, -0.2) is 18.1 Å². The Morgan fingerprint density at radius 1 is 1.30 bits per heavy atom. The number of benzene rings is 1. The Bertz CT molecular complexity index is 512. The molecule has 20 heavy (non-hydrogen) atoms. The van der Waals surface area contributed by atoms with Crippen molar-refractivity contribution in [2.24, 2.45) is 5.92 Å². The fourth-order valence-electron chi connectivity index (χ4n) is 3.04. The summed E-state index contributed by atoms with van der Waals surface area (Å²) in [6.45, 7) is 3.16. The first-order chi connectivity index (χ1) is 9.86. The molecule has 3 rings (SSSR count). The van der Waals surface area contributed by atoms with Gasteiger partial charge in [-0.25, -0.2) is 0 Å². The molecule has 1 unspecified atom stereocenters. The first-order valence-corrected chi connectivity index (χ1v) is 8.82. The van der Waals surface area contributed by atoms with Crippen LogP contribution in [0.25, 0.3) is 11.0 Å². The average molecular weight is 289 g/mol. The number of hydrogen-bond acceptors (Lipinski definition) is 3. The van der Waals surface area contributed by atoms with Crippen LogP contribution in [0.2, 0.25) is 0 Å². The molecule has 1 aliphatic rings. The molecule has 108 valence electrons. The van der Waals surface area contributed by atoms with Crippen LogP contribution in [0, 0.1) is 5.92 Å². The molecule has 0 amide bonds. The molecule has 2 aromatic rings. The zero-order chi connectivity index (χ0) is 13.8. The van der Waals surface area contributed by atoms with Gasteiger partial charge in [-0.1, -0.05) is 25.1 Å². The van der Waals surface area contributed by atoms with Crippen molar-refractivity contribution in [2.45, 2.75) is 32.2 Å². The summed E-state index contributed by atoms with van der Waals surface area (Å²) in [4.78, 5) is 0. The van der Waals surface area contributed by atoms with Crippen molar-refractivity contribution in [3.63, 3.8) is 0 Å². The first kappa shape index (κ1) is 14.0. The van der Waals surface area contributed by atoms with Gasteiger partial charge in [0.25, 0.3) is 0 Å². The van der Waals surface area contributed by atoms with Crippen LogP contribution in [0.4, 0.5) is 0 Å². The number of thioether (sulfide) groups is 1. The first-order valence-electron chi connectivity index (χ1n) is 7.66. The van der Waals surface area contributed by atoms with Crippen LogP contribution in [0.1, 0.15) is 38.0 Å². The molecule has 0 aliphatic carbocycles. The Labute approximate surface area is 125 Å². The Morgan fingerprint density at radius 2 is 2.10 bits per heavy atom. The van der Waals surface area contributed by atoms with Crippen LogP contribution in [0.3, 0.4) is 0 Å². The van der Waals surface area contributed by atoms with Gasteiger partial charge in [0.2, 0.25) is 0 Å². The molecular formula is C17H23NOS. The summed E-state index contributed by atoms with van der Waals surface area (Å²) in [5.74, 6) is 4.59. The van der Waals surface area contributed by atoms with Crippen LogP contribution in [0.5, 0.6) is 0 Å². The molecule has 1 aromatic carbocycles. The van der Waals surface area contributed by atoms with E-state index >= 15 is 0 Å². The number of hydrogen-bond donors (Lipinski definition) is 1. The molecule has 1 N–H and O–H groups in total. The van der Waals surface area contributed by atoms with Gasteiger partial charge in [0.15, 0.2) is 0 Å². The second kappa shape index (κ2) is 6.68. The van der Waals surface area contributed by atoms with E-state index in [0.29, 0.717) is 6.04 Å². The summed E-state index contributed by atoms with van der Waals surface area (Å²) in [7, 11) is 0. The van der Waals surface area contributed by atoms with Crippen LogP contribution < -0.4 is 5.32 Å². The van der Waals surface area contributed by atoms with Crippen LogP contribution in [0.15, 0.2) is 34.7 Å². The van der Waals surface area contributed by atoms with E-state index in [1.165, 1.54) is 36.2 Å². The van der Waals surface area contributed by atoms with E-state index in [-0.39, 0.29) is 0 Å². The largest absolute Gasteiger partial charge is 0.459 e. The summed E-state index contributed by atoms with van der Waals surface area (Å²) in [5, 5.41) is 4.82. The molecule has 1 fully saturated rings. The number of nitrogens with one attached hydrogen (secondary N) is 1. The third-order valence-corrected chi connectivity index (χ3v) is 5.20. The zero-order valence-electron chi connectivity index (χ0n) is 12.1. The van der Waals surface area contributed by atoms with E-state index in [0.717, 1.165) is 23.8 Å². The normalized spacial score (nSPS) is 18.4. The smallest absolute Gasteiger partial charge is 0.134 e. The van der Waals surface area contributed by atoms with Crippen molar-refractivity contribution in [3.8, 4) is 0 Å². The number of para-hydroxylation sites is 1. The monoisotopic (exact) mass is 289 g/mol. The third-order valence-electron chi connectivity index (χ3n) is 4.15. The van der Waals surface area contributed by atoms with Gasteiger partial charge in [-0.15, -0.1) is 0 Å². The fourth-order valence-corrected chi connectivity index (χ4v) is 4.24. The van der Waals surface area contributed by atoms with Gasteiger partial charge < -0.3 is 9.73 Å². The van der Waals surface area contributed by atoms with E-state index in [4.69, 9.17) is 4.42 Å². The molecule has 2 heterocycles. The van der Waals surface area contributed by atoms with Crippen LogP contribution in [-0.2, 0) is 0 Å². The Hall–Kier alpha value is -0.930. The minimum Gasteiger partial charge on any atom is -0.459 e. The third kappa shape index (κ3) is 3.21. The quantitative estimate of drug-likeness (QED) is 0.869. The number of furan rings is 1. The van der Waals surface area contributed by atoms with Gasteiger partial charge in [0.05, 0.1) is 6.04 Å². The zero-order valence-corrected chi connectivity index (χ0v) is 12.9. The summed E-state index contributed by atoms with van der Waals surface area (Å²) < 4.78 is 6.06. The summed E-state index contributed by atoms with van der Waals surface area (Å²) in [5.41, 5.74) is 1.00. The lowest BCUT2D eigenvalue weighted by molar-refractivity contribution is 0.338. The lowest BCUT2D eigenvalue weighted by atomic mass is 9.93. The molecule has 0 bridgehead atoms. The molecule has 0 radical (unpaired) electrons. The molecule has 3 heteroatoms. The number of rotatable bonds is 5. The molecule has 1 aromatic heterocycles. The number of fused-ring (bicyclic) bond motifs is 1. The van der Waals surface area contributed by atoms with Crippen LogP contribution >= 0.6 is 11.8 Å². The topological polar surface area (TPSA) is 25.2 Å². The lowest BCUT2D eigenvalue weighted by Gasteiger charge is -2.25. The maximum Gasteiger partial charge on any atom is 0.134 e. The molecule has 1 aliphatic heterocycles. The maximum atomic E-state index is 6.06. The predicted molar refractivity (Wildman–Crippen MR) is 87.3 cm³/mol. The fraction of sp³-hybridized carbons (Fsp3) is 0.529. The van der Waals surface area contributed by atoms with E-state index < -0.39 is 0 Å². The minimum atomic E-state index is 0.362. The van der Waals surface area contributed by atoms with Gasteiger partial charge in [-0.3, -0.25) is 0 Å². The van der Waals surface area contributed by atoms with Gasteiger partial charge in [-0.05, 0) is 55.4 Å². The molecule has 0 spiro atoms. The Morgan fingerprint density at radius 3 is 2.85 bits per heavy atom. The van der Waals surface area contributed by atoms with Gasteiger partial charge in [-0.2, -0.15) is 11.8 Å². The second-order valence-electron chi connectivity index (χ2n) is 5.59. The Balaban J connectivity index is 1.77. The van der Waals surface area contributed by atoms with Crippen molar-refractivity contribution >= 4 is 22.7 Å². The van der Waals surface area contributed by atoms with Gasteiger partial charge in [0.1, 0.15) is 11.3 Å². The van der Waals surface area contributed by atoms with Crippen molar-refractivity contribution in [3.05, 3.63) is 36.1 Å². The Kier molecular flexibility index (Phi) is 4.69. The van der Waals surface area contributed by atoms with Crippen molar-refractivity contribution in [1.82, 2.24) is 5.32 Å². The molecular weight excluding hydrogens is 266 g/mol. The summed E-state index contributed by atoms with van der Waals surface area (Å²) in [6.07, 6.45) is 3.91. The summed E-state index contributed by atoms with van der Waals surface area (Å²) in [6, 6.07) is 10.9. The van der Waals surface area contributed by atoms with Crippen molar-refractivity contribution in [2.75, 3.05) is 18.1 Å². The highest BCUT2D eigenvalue weighted by molar-refractivity contribution is 7.99. The summed E-state index contributed by atoms with van der Waals surface area (Å²) >= 11 is 2.09. The van der Waals surface area contributed by atoms with E-state index in [2.05, 4.69) is 48.3 Å². The molecule has 1 atom stereocenters. The predicted octanol–water partition coefficient (Wildman–Crippen LogP) is 4.62. The van der Waals surface area contributed by atoms with E-state index in [1.807, 2.05) is 6.07 Å². The van der Waals surface area contributed by atoms with Gasteiger partial charge in [0, 0.05) is 5.39 Å². The van der Waals surface area contributed by atoms with E-state index in [9.17, 15) is 0 Å². The van der Waals surface area contributed by atoms with Crippen molar-refractivity contribution < 1.29 is 4.42 Å². The highest BCUT2D eigenvalue weighted by Gasteiger charge is 2.22. The second-order valence-corrected chi connectivity index (χ2v) is 6.81.